The average molecular weight is 720 g/mol. The second-order valence-electron chi connectivity index (χ2n) is 15.5. The zero-order valence-corrected chi connectivity index (χ0v) is 32.4. The van der Waals surface area contributed by atoms with E-state index < -0.39 is 0 Å². The van der Waals surface area contributed by atoms with Crippen molar-refractivity contribution in [1.29, 1.82) is 0 Å². The van der Waals surface area contributed by atoms with E-state index in [2.05, 4.69) is 65.4 Å². The van der Waals surface area contributed by atoms with Gasteiger partial charge in [0.15, 0.2) is 0 Å². The highest BCUT2D eigenvalue weighted by atomic mass is 16.5. The summed E-state index contributed by atoms with van der Waals surface area (Å²) in [6.07, 6.45) is 12.7. The van der Waals surface area contributed by atoms with Crippen LogP contribution in [-0.2, 0) is 29.3 Å². The third-order valence-electron chi connectivity index (χ3n) is 9.39. The topological polar surface area (TPSA) is 122 Å². The van der Waals surface area contributed by atoms with Crippen LogP contribution < -0.4 is 16.2 Å². The van der Waals surface area contributed by atoms with Crippen molar-refractivity contribution in [3.8, 4) is 0 Å². The molecule has 2 aromatic carbocycles. The summed E-state index contributed by atoms with van der Waals surface area (Å²) in [6, 6.07) is 16.6. The van der Waals surface area contributed by atoms with Crippen LogP contribution in [0.3, 0.4) is 0 Å². The van der Waals surface area contributed by atoms with Crippen LogP contribution in [0, 0.1) is 6.92 Å². The molecular weight excluding hydrogens is 663 g/mol. The molecule has 5 aromatic rings. The Bertz CT molecular complexity index is 2030. The molecular formula is C43H57N7O3. The molecule has 2 fully saturated rings. The van der Waals surface area contributed by atoms with Crippen LogP contribution >= 0.6 is 0 Å². The van der Waals surface area contributed by atoms with Crippen LogP contribution in [0.1, 0.15) is 99.7 Å². The maximum absolute atomic E-state index is 12.4. The quantitative estimate of drug-likeness (QED) is 0.129. The van der Waals surface area contributed by atoms with E-state index in [0.29, 0.717) is 31.4 Å². The Morgan fingerprint density at radius 2 is 1.74 bits per heavy atom. The molecule has 0 bridgehead atoms. The maximum Gasteiger partial charge on any atom is 0.254 e. The SMILES string of the molecule is C=CCC.CC(C)(C)N.CN1CCC(n2cc3ccc(N(C=O)Cc4ccc5c6c(c(=O)[nH]c5c4)COC6)cc3n2)CC1.Cc1ccc(C2CC2)nc1. The summed E-state index contributed by atoms with van der Waals surface area (Å²) < 4.78 is 7.56. The van der Waals surface area contributed by atoms with Crippen LogP contribution in [0.25, 0.3) is 21.8 Å². The molecule has 0 unspecified atom stereocenters. The standard InChI is InChI=1S/C26H27N5O3.C9H11N.C4H11N.C4H8/c1-29-8-6-19(7-9-29)31-13-18-3-4-20(11-24(18)28-31)30(16-32)12-17-2-5-21-22-14-34-15-23(22)26(33)27-25(21)10-17;1-7-2-5-9(10-6-7)8-3-4-8;1-4(2,3)5;1-3-4-2/h2-5,10-11,13,16,19H,6-9,12,14-15H2,1H3,(H,27,33);2,5-6,8H,3-4H2,1H3;5H2,1-3H3;3H,1,4H2,2H3. The van der Waals surface area contributed by atoms with Gasteiger partial charge < -0.3 is 25.3 Å². The number of likely N-dealkylation sites (tertiary alicyclic amines) is 1. The first-order valence-corrected chi connectivity index (χ1v) is 18.8. The Labute approximate surface area is 314 Å². The van der Waals surface area contributed by atoms with Crippen molar-refractivity contribution in [2.45, 2.75) is 104 Å². The minimum Gasteiger partial charge on any atom is -0.372 e. The van der Waals surface area contributed by atoms with Gasteiger partial charge in [0.25, 0.3) is 5.56 Å². The number of aryl methyl sites for hydroxylation is 1. The summed E-state index contributed by atoms with van der Waals surface area (Å²) in [7, 11) is 2.16. The fourth-order valence-electron chi connectivity index (χ4n) is 6.26. The molecule has 8 rings (SSSR count). The van der Waals surface area contributed by atoms with Crippen molar-refractivity contribution in [2.75, 3.05) is 25.0 Å². The van der Waals surface area contributed by atoms with Gasteiger partial charge in [0, 0.05) is 57.1 Å². The summed E-state index contributed by atoms with van der Waals surface area (Å²) in [6.45, 7) is 16.9. The van der Waals surface area contributed by atoms with E-state index in [-0.39, 0.29) is 11.1 Å². The fraction of sp³-hybridized carbons (Fsp3) is 0.442. The Balaban J connectivity index is 0.000000233. The van der Waals surface area contributed by atoms with Gasteiger partial charge in [0.2, 0.25) is 6.41 Å². The Morgan fingerprint density at radius 3 is 2.36 bits per heavy atom. The first-order chi connectivity index (χ1) is 25.4. The number of allylic oxidation sites excluding steroid dienone is 1. The van der Waals surface area contributed by atoms with E-state index in [1.54, 1.807) is 4.90 Å². The highest BCUT2D eigenvalue weighted by molar-refractivity contribution is 5.87. The van der Waals surface area contributed by atoms with Crippen LogP contribution in [0.2, 0.25) is 0 Å². The molecule has 1 aliphatic carbocycles. The number of hydrogen-bond donors (Lipinski definition) is 2. The number of hydrogen-bond acceptors (Lipinski definition) is 7. The highest BCUT2D eigenvalue weighted by Crippen LogP contribution is 2.38. The number of H-pyrrole nitrogens is 1. The van der Waals surface area contributed by atoms with Crippen molar-refractivity contribution in [3.63, 3.8) is 0 Å². The van der Waals surface area contributed by atoms with Gasteiger partial charge in [-0.2, -0.15) is 5.10 Å². The zero-order chi connectivity index (χ0) is 38.1. The molecule has 3 aliphatic rings. The fourth-order valence-corrected chi connectivity index (χ4v) is 6.26. The second kappa shape index (κ2) is 17.9. The number of ether oxygens (including phenoxy) is 1. The van der Waals surface area contributed by atoms with Crippen LogP contribution in [0.4, 0.5) is 5.69 Å². The average Bonchev–Trinajstić information content (AvgIpc) is 3.69. The van der Waals surface area contributed by atoms with Gasteiger partial charge in [-0.3, -0.25) is 19.3 Å². The number of carbonyl (C=O) groups excluding carboxylic acids is 1. The lowest BCUT2D eigenvalue weighted by Gasteiger charge is -2.28. The molecule has 10 nitrogen and oxygen atoms in total. The van der Waals surface area contributed by atoms with Crippen LogP contribution in [-0.4, -0.2) is 56.7 Å². The molecule has 1 saturated carbocycles. The third kappa shape index (κ3) is 11.2. The van der Waals surface area contributed by atoms with Crippen molar-refractivity contribution >= 4 is 33.9 Å². The number of pyridine rings is 2. The van der Waals surface area contributed by atoms with Gasteiger partial charge in [0.05, 0.1) is 31.3 Å². The van der Waals surface area contributed by atoms with E-state index in [1.807, 2.05) is 69.4 Å². The van der Waals surface area contributed by atoms with E-state index in [1.165, 1.54) is 24.1 Å². The summed E-state index contributed by atoms with van der Waals surface area (Å²) in [5.74, 6) is 0.792. The van der Waals surface area contributed by atoms with Crippen LogP contribution in [0.5, 0.6) is 0 Å². The Kier molecular flexibility index (Phi) is 13.4. The smallest absolute Gasteiger partial charge is 0.254 e. The number of rotatable bonds is 7. The number of fused-ring (bicyclic) bond motifs is 4. The number of piperidine rings is 1. The lowest BCUT2D eigenvalue weighted by atomic mass is 10.0. The maximum atomic E-state index is 12.4. The van der Waals surface area contributed by atoms with Gasteiger partial charge >= 0.3 is 0 Å². The lowest BCUT2D eigenvalue weighted by molar-refractivity contribution is -0.107. The number of carbonyl (C=O) groups is 1. The number of nitrogens with zero attached hydrogens (tertiary/aromatic N) is 5. The Hall–Kier alpha value is -4.64. The number of benzene rings is 2. The van der Waals surface area contributed by atoms with Gasteiger partial charge in [-0.25, -0.2) is 0 Å². The number of nitrogens with one attached hydrogen (secondary N) is 1. The molecule has 282 valence electrons. The molecule has 0 atom stereocenters. The third-order valence-corrected chi connectivity index (χ3v) is 9.39. The molecule has 3 aromatic heterocycles. The van der Waals surface area contributed by atoms with E-state index in [4.69, 9.17) is 15.6 Å². The molecule has 2 aliphatic heterocycles. The van der Waals surface area contributed by atoms with Crippen molar-refractivity contribution in [3.05, 3.63) is 112 Å². The highest BCUT2D eigenvalue weighted by Gasteiger charge is 2.24. The number of amides is 1. The summed E-state index contributed by atoms with van der Waals surface area (Å²) in [5, 5.41) is 6.91. The number of nitrogens with two attached hydrogens (primary N) is 1. The molecule has 3 N–H and O–H groups in total. The van der Waals surface area contributed by atoms with E-state index >= 15 is 0 Å². The van der Waals surface area contributed by atoms with Crippen LogP contribution in [0.15, 0.2) is 78.4 Å². The molecule has 1 saturated heterocycles. The van der Waals surface area contributed by atoms with Gasteiger partial charge in [-0.1, -0.05) is 31.2 Å². The van der Waals surface area contributed by atoms with E-state index in [0.717, 1.165) is 83.3 Å². The molecule has 10 heteroatoms. The van der Waals surface area contributed by atoms with Gasteiger partial charge in [-0.05, 0) is 127 Å². The number of anilines is 1. The monoisotopic (exact) mass is 719 g/mol. The predicted octanol–water partition coefficient (Wildman–Crippen LogP) is 7.93. The first-order valence-electron chi connectivity index (χ1n) is 18.8. The lowest BCUT2D eigenvalue weighted by Crippen LogP contribution is -2.31. The molecule has 0 radical (unpaired) electrons. The largest absolute Gasteiger partial charge is 0.372 e. The summed E-state index contributed by atoms with van der Waals surface area (Å²) in [5.41, 5.74) is 12.9. The molecule has 0 spiro atoms. The number of aromatic amines is 1. The zero-order valence-electron chi connectivity index (χ0n) is 32.4. The van der Waals surface area contributed by atoms with E-state index in [9.17, 15) is 9.59 Å². The number of aromatic nitrogens is 4. The summed E-state index contributed by atoms with van der Waals surface area (Å²) in [4.78, 5) is 35.7. The summed E-state index contributed by atoms with van der Waals surface area (Å²) >= 11 is 0. The minimum atomic E-state index is -0.102. The Morgan fingerprint density at radius 1 is 1.04 bits per heavy atom. The van der Waals surface area contributed by atoms with Gasteiger partial charge in [-0.15, -0.1) is 6.58 Å². The molecule has 53 heavy (non-hydrogen) atoms. The predicted molar refractivity (Wildman–Crippen MR) is 216 cm³/mol. The van der Waals surface area contributed by atoms with Crippen molar-refractivity contribution in [1.82, 2.24) is 24.6 Å². The van der Waals surface area contributed by atoms with Crippen molar-refractivity contribution < 1.29 is 9.53 Å². The molecule has 1 amide bonds. The first kappa shape index (κ1) is 39.6. The second-order valence-corrected chi connectivity index (χ2v) is 15.5. The van der Waals surface area contributed by atoms with Gasteiger partial charge in [0.1, 0.15) is 0 Å². The normalized spacial score (nSPS) is 15.7. The minimum absolute atomic E-state index is 0. The molecule has 5 heterocycles. The van der Waals surface area contributed by atoms with Crippen molar-refractivity contribution in [2.24, 2.45) is 5.73 Å².